The zero-order chi connectivity index (χ0) is 15.9. The molecule has 0 bridgehead atoms. The van der Waals surface area contributed by atoms with Gasteiger partial charge in [0, 0.05) is 31.5 Å². The minimum absolute atomic E-state index is 0.300. The lowest BCUT2D eigenvalue weighted by molar-refractivity contribution is 0.120. The van der Waals surface area contributed by atoms with Crippen molar-refractivity contribution in [2.45, 2.75) is 58.0 Å². The van der Waals surface area contributed by atoms with Gasteiger partial charge in [-0.1, -0.05) is 11.6 Å². The molecule has 23 heavy (non-hydrogen) atoms. The molecule has 1 aliphatic heterocycles. The van der Waals surface area contributed by atoms with Crippen LogP contribution in [0.25, 0.3) is 0 Å². The second-order valence-electron chi connectivity index (χ2n) is 6.52. The van der Waals surface area contributed by atoms with Gasteiger partial charge in [0.25, 0.3) is 0 Å². The van der Waals surface area contributed by atoms with Crippen molar-refractivity contribution in [1.82, 2.24) is 9.97 Å². The molecule has 0 radical (unpaired) electrons. The smallest absolute Gasteiger partial charge is 0.224 e. The van der Waals surface area contributed by atoms with E-state index in [0.717, 1.165) is 50.5 Å². The number of aryl methyl sites for hydroxylation is 1. The first kappa shape index (κ1) is 16.2. The lowest BCUT2D eigenvalue weighted by Crippen LogP contribution is -2.20. The van der Waals surface area contributed by atoms with Crippen LogP contribution in [0.4, 0.5) is 11.8 Å². The summed E-state index contributed by atoms with van der Waals surface area (Å²) in [4.78, 5) is 9.03. The summed E-state index contributed by atoms with van der Waals surface area (Å²) in [6.07, 6.45) is 11.3. The van der Waals surface area contributed by atoms with E-state index in [1.807, 2.05) is 13.0 Å². The molecule has 0 aromatic carbocycles. The molecule has 1 unspecified atom stereocenters. The number of anilines is 2. The summed E-state index contributed by atoms with van der Waals surface area (Å²) in [5, 5.41) is 6.75. The number of hydrogen-bond donors (Lipinski definition) is 2. The number of nitrogens with one attached hydrogen (secondary N) is 2. The molecule has 5 nitrogen and oxygen atoms in total. The third-order valence-corrected chi connectivity index (χ3v) is 4.50. The van der Waals surface area contributed by atoms with Crippen molar-refractivity contribution in [3.63, 3.8) is 0 Å². The summed E-state index contributed by atoms with van der Waals surface area (Å²) in [6.45, 7) is 4.61. The third-order valence-electron chi connectivity index (χ3n) is 4.50. The highest BCUT2D eigenvalue weighted by Crippen LogP contribution is 2.20. The minimum Gasteiger partial charge on any atom is -0.376 e. The number of allylic oxidation sites excluding steroid dienone is 1. The summed E-state index contributed by atoms with van der Waals surface area (Å²) in [6, 6.07) is 2.01. The largest absolute Gasteiger partial charge is 0.376 e. The second kappa shape index (κ2) is 8.29. The molecule has 1 aromatic heterocycles. The van der Waals surface area contributed by atoms with E-state index in [0.29, 0.717) is 12.1 Å². The molecular weight excluding hydrogens is 288 g/mol. The average Bonchev–Trinajstić information content (AvgIpc) is 3.07. The number of rotatable bonds is 7. The molecule has 3 rings (SSSR count). The molecule has 1 aliphatic carbocycles. The predicted octanol–water partition coefficient (Wildman–Crippen LogP) is 3.68. The van der Waals surface area contributed by atoms with Crippen LogP contribution in [0.15, 0.2) is 17.7 Å². The molecular formula is C18H28N4O. The third kappa shape index (κ3) is 5.20. The van der Waals surface area contributed by atoms with Gasteiger partial charge in [0.15, 0.2) is 0 Å². The summed E-state index contributed by atoms with van der Waals surface area (Å²) >= 11 is 0. The van der Waals surface area contributed by atoms with Gasteiger partial charge in [0.2, 0.25) is 5.95 Å². The van der Waals surface area contributed by atoms with Crippen molar-refractivity contribution in [3.8, 4) is 0 Å². The monoisotopic (exact) mass is 316 g/mol. The maximum atomic E-state index is 5.63. The molecule has 2 aliphatic rings. The normalized spacial score (nSPS) is 21.1. The van der Waals surface area contributed by atoms with E-state index in [2.05, 4.69) is 26.7 Å². The standard InChI is InChI=1S/C18H28N4O/c1-14-12-17(19-10-9-15-6-3-2-4-7-15)22-18(21-14)20-13-16-8-5-11-23-16/h6,12,16H,2-5,7-11,13H2,1H3,(H2,19,20,21,22). The van der Waals surface area contributed by atoms with Crippen LogP contribution < -0.4 is 10.6 Å². The lowest BCUT2D eigenvalue weighted by atomic mass is 9.97. The molecule has 0 saturated carbocycles. The SMILES string of the molecule is Cc1cc(NCCC2=CCCCC2)nc(NCC2CCCO2)n1. The molecule has 1 fully saturated rings. The maximum Gasteiger partial charge on any atom is 0.224 e. The van der Waals surface area contributed by atoms with Crippen LogP contribution in [0, 0.1) is 6.92 Å². The first-order chi connectivity index (χ1) is 11.3. The summed E-state index contributed by atoms with van der Waals surface area (Å²) in [5.74, 6) is 1.60. The van der Waals surface area contributed by atoms with Crippen LogP contribution >= 0.6 is 0 Å². The Morgan fingerprint density at radius 3 is 2.96 bits per heavy atom. The van der Waals surface area contributed by atoms with Gasteiger partial charge in [-0.15, -0.1) is 0 Å². The van der Waals surface area contributed by atoms with Gasteiger partial charge in [-0.05, 0) is 51.9 Å². The number of nitrogens with zero attached hydrogens (tertiary/aromatic N) is 2. The molecule has 1 aromatic rings. The average molecular weight is 316 g/mol. The van der Waals surface area contributed by atoms with Crippen molar-refractivity contribution >= 4 is 11.8 Å². The van der Waals surface area contributed by atoms with Crippen molar-refractivity contribution in [1.29, 1.82) is 0 Å². The summed E-state index contributed by atoms with van der Waals surface area (Å²) in [7, 11) is 0. The highest BCUT2D eigenvalue weighted by Gasteiger charge is 2.15. The van der Waals surface area contributed by atoms with Crippen LogP contribution in [0.1, 0.15) is 50.6 Å². The van der Waals surface area contributed by atoms with Crippen molar-refractivity contribution in [3.05, 3.63) is 23.4 Å². The Morgan fingerprint density at radius 2 is 2.17 bits per heavy atom. The molecule has 0 spiro atoms. The molecule has 5 heteroatoms. The van der Waals surface area contributed by atoms with Crippen LogP contribution in [0.3, 0.4) is 0 Å². The Balaban J connectivity index is 1.49. The van der Waals surface area contributed by atoms with Crippen molar-refractivity contribution in [2.24, 2.45) is 0 Å². The van der Waals surface area contributed by atoms with E-state index in [1.165, 1.54) is 25.7 Å². The van der Waals surface area contributed by atoms with Gasteiger partial charge in [-0.25, -0.2) is 4.98 Å². The van der Waals surface area contributed by atoms with Crippen LogP contribution in [0.2, 0.25) is 0 Å². The number of aromatic nitrogens is 2. The van der Waals surface area contributed by atoms with Crippen LogP contribution in [-0.2, 0) is 4.74 Å². The fourth-order valence-electron chi connectivity index (χ4n) is 3.23. The fraction of sp³-hybridized carbons (Fsp3) is 0.667. The van der Waals surface area contributed by atoms with E-state index in [9.17, 15) is 0 Å². The van der Waals surface area contributed by atoms with E-state index < -0.39 is 0 Å². The maximum absolute atomic E-state index is 5.63. The highest BCUT2D eigenvalue weighted by molar-refractivity contribution is 5.42. The zero-order valence-corrected chi connectivity index (χ0v) is 14.1. The Morgan fingerprint density at radius 1 is 1.22 bits per heavy atom. The van der Waals surface area contributed by atoms with E-state index in [4.69, 9.17) is 4.74 Å². The Bertz CT molecular complexity index is 538. The first-order valence-corrected chi connectivity index (χ1v) is 8.92. The van der Waals surface area contributed by atoms with Crippen molar-refractivity contribution in [2.75, 3.05) is 30.3 Å². The van der Waals surface area contributed by atoms with Crippen LogP contribution in [-0.4, -0.2) is 35.8 Å². The molecule has 2 N–H and O–H groups in total. The molecule has 1 saturated heterocycles. The Hall–Kier alpha value is -1.62. The molecule has 1 atom stereocenters. The van der Waals surface area contributed by atoms with E-state index in [1.54, 1.807) is 5.57 Å². The van der Waals surface area contributed by atoms with Gasteiger partial charge < -0.3 is 15.4 Å². The first-order valence-electron chi connectivity index (χ1n) is 8.92. The quantitative estimate of drug-likeness (QED) is 0.752. The Kier molecular flexibility index (Phi) is 5.86. The number of ether oxygens (including phenoxy) is 1. The topological polar surface area (TPSA) is 59.1 Å². The van der Waals surface area contributed by atoms with Gasteiger partial charge >= 0.3 is 0 Å². The fourth-order valence-corrected chi connectivity index (χ4v) is 3.23. The molecule has 0 amide bonds. The minimum atomic E-state index is 0.300. The van der Waals surface area contributed by atoms with E-state index in [-0.39, 0.29) is 0 Å². The number of hydrogen-bond acceptors (Lipinski definition) is 5. The van der Waals surface area contributed by atoms with Crippen LogP contribution in [0.5, 0.6) is 0 Å². The Labute approximate surface area is 138 Å². The van der Waals surface area contributed by atoms with E-state index >= 15 is 0 Å². The molecule has 2 heterocycles. The van der Waals surface area contributed by atoms with Gasteiger partial charge in [0.05, 0.1) is 6.10 Å². The van der Waals surface area contributed by atoms with Crippen molar-refractivity contribution < 1.29 is 4.74 Å². The zero-order valence-electron chi connectivity index (χ0n) is 14.1. The van der Waals surface area contributed by atoms with Gasteiger partial charge in [-0.3, -0.25) is 0 Å². The van der Waals surface area contributed by atoms with Gasteiger partial charge in [0.1, 0.15) is 5.82 Å². The highest BCUT2D eigenvalue weighted by atomic mass is 16.5. The summed E-state index contributed by atoms with van der Waals surface area (Å²) < 4.78 is 5.63. The second-order valence-corrected chi connectivity index (χ2v) is 6.52. The predicted molar refractivity (Wildman–Crippen MR) is 93.9 cm³/mol. The molecule has 126 valence electrons. The summed E-state index contributed by atoms with van der Waals surface area (Å²) in [5.41, 5.74) is 2.57. The van der Waals surface area contributed by atoms with Gasteiger partial charge in [-0.2, -0.15) is 4.98 Å². The lowest BCUT2D eigenvalue weighted by Gasteiger charge is -2.14.